The van der Waals surface area contributed by atoms with Gasteiger partial charge in [-0.3, -0.25) is 9.48 Å². The number of piperidine rings is 1. The third-order valence-corrected chi connectivity index (χ3v) is 6.18. The lowest BCUT2D eigenvalue weighted by Crippen LogP contribution is -2.52. The Kier molecular flexibility index (Phi) is 4.86. The van der Waals surface area contributed by atoms with Gasteiger partial charge in [-0.2, -0.15) is 5.10 Å². The second-order valence-electron chi connectivity index (χ2n) is 8.34. The van der Waals surface area contributed by atoms with Crippen LogP contribution in [0, 0.1) is 5.41 Å². The summed E-state index contributed by atoms with van der Waals surface area (Å²) in [5.74, 6) is 0.721. The van der Waals surface area contributed by atoms with Crippen LogP contribution in [0.4, 0.5) is 5.95 Å². The van der Waals surface area contributed by atoms with Crippen LogP contribution in [0.25, 0.3) is 10.9 Å². The van der Waals surface area contributed by atoms with Crippen molar-refractivity contribution in [2.75, 3.05) is 44.3 Å². The van der Waals surface area contributed by atoms with Crippen LogP contribution in [0.3, 0.4) is 0 Å². The van der Waals surface area contributed by atoms with Gasteiger partial charge < -0.3 is 14.5 Å². The first kappa shape index (κ1) is 19.0. The fraction of sp³-hybridized carbons (Fsp3) is 0.455. The molecule has 8 heteroatoms. The highest BCUT2D eigenvalue weighted by atomic mass is 16.5. The number of rotatable bonds is 2. The molecule has 1 unspecified atom stereocenters. The van der Waals surface area contributed by atoms with Crippen LogP contribution >= 0.6 is 0 Å². The van der Waals surface area contributed by atoms with Gasteiger partial charge in [-0.1, -0.05) is 18.2 Å². The van der Waals surface area contributed by atoms with E-state index in [1.165, 1.54) is 0 Å². The molecule has 2 aromatic heterocycles. The molecule has 156 valence electrons. The Hall–Kier alpha value is -3.00. The zero-order valence-corrected chi connectivity index (χ0v) is 17.2. The zero-order chi connectivity index (χ0) is 20.6. The smallest absolute Gasteiger partial charge is 0.275 e. The van der Waals surface area contributed by atoms with Gasteiger partial charge in [0.25, 0.3) is 5.91 Å². The number of hydrogen-bond donors (Lipinski definition) is 0. The number of fused-ring (bicyclic) bond motifs is 1. The summed E-state index contributed by atoms with van der Waals surface area (Å²) in [6.45, 7) is 4.21. The molecule has 30 heavy (non-hydrogen) atoms. The zero-order valence-electron chi connectivity index (χ0n) is 17.2. The van der Waals surface area contributed by atoms with Gasteiger partial charge in [-0.05, 0) is 25.0 Å². The number of para-hydroxylation sites is 1. The van der Waals surface area contributed by atoms with E-state index in [4.69, 9.17) is 4.74 Å². The molecule has 1 spiro atoms. The lowest BCUT2D eigenvalue weighted by Gasteiger charge is -2.43. The van der Waals surface area contributed by atoms with Crippen LogP contribution in [0.1, 0.15) is 23.3 Å². The molecule has 0 N–H and O–H groups in total. The summed E-state index contributed by atoms with van der Waals surface area (Å²) in [7, 11) is 1.88. The molecule has 4 heterocycles. The largest absolute Gasteiger partial charge is 0.379 e. The maximum absolute atomic E-state index is 13.5. The fourth-order valence-electron chi connectivity index (χ4n) is 4.77. The maximum atomic E-state index is 13.5. The number of likely N-dealkylation sites (tertiary alicyclic amines) is 1. The Bertz CT molecular complexity index is 1050. The molecule has 1 amide bonds. The molecule has 5 rings (SSSR count). The first-order valence-corrected chi connectivity index (χ1v) is 10.5. The summed E-state index contributed by atoms with van der Waals surface area (Å²) in [6.07, 6.45) is 5.50. The Morgan fingerprint density at radius 3 is 2.80 bits per heavy atom. The first-order chi connectivity index (χ1) is 14.7. The second-order valence-corrected chi connectivity index (χ2v) is 8.34. The number of amides is 1. The summed E-state index contributed by atoms with van der Waals surface area (Å²) in [5, 5.41) is 5.45. The van der Waals surface area contributed by atoms with Crippen molar-refractivity contribution in [1.82, 2.24) is 24.6 Å². The number of hydrogen-bond acceptors (Lipinski definition) is 6. The SMILES string of the molecule is Cn1nc(C(=O)N2CCCC3(COCCN(c4ncccn4)C3)C2)c2ccccc21. The molecule has 2 aliphatic rings. The molecule has 2 aliphatic heterocycles. The van der Waals surface area contributed by atoms with Crippen LogP contribution in [-0.4, -0.2) is 69.9 Å². The van der Waals surface area contributed by atoms with E-state index in [2.05, 4.69) is 20.0 Å². The van der Waals surface area contributed by atoms with Gasteiger partial charge in [0.05, 0.1) is 18.7 Å². The molecule has 8 nitrogen and oxygen atoms in total. The van der Waals surface area contributed by atoms with Crippen LogP contribution in [0.15, 0.2) is 42.7 Å². The Labute approximate surface area is 175 Å². The van der Waals surface area contributed by atoms with Crippen molar-refractivity contribution in [3.63, 3.8) is 0 Å². The molecule has 0 aliphatic carbocycles. The van der Waals surface area contributed by atoms with E-state index in [9.17, 15) is 4.79 Å². The van der Waals surface area contributed by atoms with E-state index in [1.54, 1.807) is 17.1 Å². The molecular formula is C22H26N6O2. The third-order valence-electron chi connectivity index (χ3n) is 6.18. The van der Waals surface area contributed by atoms with Crippen molar-refractivity contribution in [3.8, 4) is 0 Å². The lowest BCUT2D eigenvalue weighted by atomic mass is 9.80. The summed E-state index contributed by atoms with van der Waals surface area (Å²) in [5.41, 5.74) is 1.37. The summed E-state index contributed by atoms with van der Waals surface area (Å²) in [6, 6.07) is 9.71. The van der Waals surface area contributed by atoms with Crippen molar-refractivity contribution in [1.29, 1.82) is 0 Å². The molecule has 2 fully saturated rings. The first-order valence-electron chi connectivity index (χ1n) is 10.5. The van der Waals surface area contributed by atoms with E-state index in [0.29, 0.717) is 25.5 Å². The quantitative estimate of drug-likeness (QED) is 0.649. The van der Waals surface area contributed by atoms with Crippen molar-refractivity contribution in [3.05, 3.63) is 48.4 Å². The minimum Gasteiger partial charge on any atom is -0.379 e. The monoisotopic (exact) mass is 406 g/mol. The van der Waals surface area contributed by atoms with Crippen molar-refractivity contribution < 1.29 is 9.53 Å². The van der Waals surface area contributed by atoms with Gasteiger partial charge in [0.2, 0.25) is 5.95 Å². The number of ether oxygens (including phenoxy) is 1. The molecule has 1 atom stereocenters. The van der Waals surface area contributed by atoms with Gasteiger partial charge in [0, 0.05) is 56.4 Å². The van der Waals surface area contributed by atoms with E-state index in [0.717, 1.165) is 49.3 Å². The highest BCUT2D eigenvalue weighted by Gasteiger charge is 2.41. The lowest BCUT2D eigenvalue weighted by molar-refractivity contribution is 0.0133. The molecule has 2 saturated heterocycles. The minimum atomic E-state index is -0.131. The highest BCUT2D eigenvalue weighted by molar-refractivity contribution is 6.04. The van der Waals surface area contributed by atoms with Crippen LogP contribution in [-0.2, 0) is 11.8 Å². The summed E-state index contributed by atoms with van der Waals surface area (Å²) >= 11 is 0. The summed E-state index contributed by atoms with van der Waals surface area (Å²) < 4.78 is 7.78. The van der Waals surface area contributed by atoms with Crippen molar-refractivity contribution >= 4 is 22.8 Å². The topological polar surface area (TPSA) is 76.4 Å². The predicted octanol–water partition coefficient (Wildman–Crippen LogP) is 2.12. The van der Waals surface area contributed by atoms with Crippen LogP contribution < -0.4 is 4.90 Å². The second kappa shape index (κ2) is 7.68. The fourth-order valence-corrected chi connectivity index (χ4v) is 4.77. The Morgan fingerprint density at radius 2 is 1.93 bits per heavy atom. The van der Waals surface area contributed by atoms with Crippen molar-refractivity contribution in [2.24, 2.45) is 12.5 Å². The van der Waals surface area contributed by atoms with Gasteiger partial charge >= 0.3 is 0 Å². The van der Waals surface area contributed by atoms with E-state index >= 15 is 0 Å². The van der Waals surface area contributed by atoms with E-state index < -0.39 is 0 Å². The van der Waals surface area contributed by atoms with Crippen molar-refractivity contribution in [2.45, 2.75) is 12.8 Å². The predicted molar refractivity (Wildman–Crippen MR) is 113 cm³/mol. The number of anilines is 1. The molecule has 0 bridgehead atoms. The number of carbonyl (C=O) groups excluding carboxylic acids is 1. The minimum absolute atomic E-state index is 0.00219. The molecule has 1 aromatic carbocycles. The number of nitrogens with zero attached hydrogens (tertiary/aromatic N) is 6. The summed E-state index contributed by atoms with van der Waals surface area (Å²) in [4.78, 5) is 26.5. The van der Waals surface area contributed by atoms with E-state index in [-0.39, 0.29) is 11.3 Å². The van der Waals surface area contributed by atoms with Crippen LogP contribution in [0.5, 0.6) is 0 Å². The molecule has 0 radical (unpaired) electrons. The standard InChI is InChI=1S/C22H26N6O2/c1-26-18-7-3-2-6-17(18)19(25-26)20(29)27-11-4-8-22(14-27)15-28(12-13-30-16-22)21-23-9-5-10-24-21/h2-3,5-7,9-10H,4,8,11-16H2,1H3. The van der Waals surface area contributed by atoms with E-state index in [1.807, 2.05) is 42.3 Å². The number of aromatic nitrogens is 4. The third kappa shape index (κ3) is 3.41. The average molecular weight is 406 g/mol. The molecule has 0 saturated carbocycles. The number of carbonyl (C=O) groups is 1. The molecule has 3 aromatic rings. The van der Waals surface area contributed by atoms with Gasteiger partial charge in [-0.25, -0.2) is 9.97 Å². The van der Waals surface area contributed by atoms with Crippen LogP contribution in [0.2, 0.25) is 0 Å². The average Bonchev–Trinajstić information content (AvgIpc) is 2.99. The Morgan fingerprint density at radius 1 is 1.10 bits per heavy atom. The van der Waals surface area contributed by atoms with Gasteiger partial charge in [0.15, 0.2) is 5.69 Å². The number of aryl methyl sites for hydroxylation is 1. The normalized spacial score (nSPS) is 22.4. The van der Waals surface area contributed by atoms with Gasteiger partial charge in [-0.15, -0.1) is 0 Å². The maximum Gasteiger partial charge on any atom is 0.275 e. The molecular weight excluding hydrogens is 380 g/mol. The highest BCUT2D eigenvalue weighted by Crippen LogP contribution is 2.35. The number of benzene rings is 1. The van der Waals surface area contributed by atoms with Gasteiger partial charge in [0.1, 0.15) is 0 Å². The Balaban J connectivity index is 1.41.